The molecular formula is C16H28N2O. The predicted octanol–water partition coefficient (Wildman–Crippen LogP) is 2.34. The Balaban J connectivity index is 2.44. The molecule has 3 heteroatoms. The van der Waals surface area contributed by atoms with Crippen LogP contribution in [0.15, 0.2) is 18.2 Å². The zero-order valence-corrected chi connectivity index (χ0v) is 12.8. The smallest absolute Gasteiger partial charge is 0.122 e. The first kappa shape index (κ1) is 16.0. The molecule has 0 aliphatic rings. The molecule has 0 fully saturated rings. The third-order valence-electron chi connectivity index (χ3n) is 3.43. The number of likely N-dealkylation sites (N-methyl/N-ethyl adjacent to an activating group) is 2. The lowest BCUT2D eigenvalue weighted by molar-refractivity contribution is 0.337. The van der Waals surface area contributed by atoms with Gasteiger partial charge in [-0.15, -0.1) is 0 Å². The third-order valence-corrected chi connectivity index (χ3v) is 3.43. The Bertz CT molecular complexity index is 366. The highest BCUT2D eigenvalue weighted by Gasteiger charge is 2.04. The highest BCUT2D eigenvalue weighted by atomic mass is 16.5. The molecular weight excluding hydrogens is 236 g/mol. The lowest BCUT2D eigenvalue weighted by Gasteiger charge is -2.17. The third kappa shape index (κ3) is 5.62. The van der Waals surface area contributed by atoms with Crippen molar-refractivity contribution < 1.29 is 4.74 Å². The van der Waals surface area contributed by atoms with Gasteiger partial charge in [0.1, 0.15) is 5.75 Å². The van der Waals surface area contributed by atoms with Crippen LogP contribution in [0.4, 0.5) is 0 Å². The number of methoxy groups -OCH3 is 1. The maximum absolute atomic E-state index is 5.36. The van der Waals surface area contributed by atoms with Gasteiger partial charge in [-0.3, -0.25) is 0 Å². The van der Waals surface area contributed by atoms with Crippen molar-refractivity contribution in [1.82, 2.24) is 10.2 Å². The van der Waals surface area contributed by atoms with Gasteiger partial charge >= 0.3 is 0 Å². The van der Waals surface area contributed by atoms with E-state index >= 15 is 0 Å². The number of nitrogens with zero attached hydrogens (tertiary/aromatic N) is 1. The summed E-state index contributed by atoms with van der Waals surface area (Å²) in [6, 6.07) is 6.54. The van der Waals surface area contributed by atoms with Gasteiger partial charge in [0.2, 0.25) is 0 Å². The van der Waals surface area contributed by atoms with Crippen LogP contribution in [0, 0.1) is 0 Å². The summed E-state index contributed by atoms with van der Waals surface area (Å²) in [5, 5.41) is 3.35. The van der Waals surface area contributed by atoms with Crippen LogP contribution in [0.25, 0.3) is 0 Å². The van der Waals surface area contributed by atoms with E-state index in [1.165, 1.54) is 11.1 Å². The van der Waals surface area contributed by atoms with Crippen LogP contribution in [0.3, 0.4) is 0 Å². The van der Waals surface area contributed by atoms with E-state index in [0.29, 0.717) is 0 Å². The van der Waals surface area contributed by atoms with Crippen LogP contribution in [-0.4, -0.2) is 45.2 Å². The van der Waals surface area contributed by atoms with Gasteiger partial charge in [-0.1, -0.05) is 26.0 Å². The van der Waals surface area contributed by atoms with E-state index in [1.54, 1.807) is 7.11 Å². The molecule has 0 unspecified atom stereocenters. The second-order valence-corrected chi connectivity index (χ2v) is 4.91. The number of aryl methyl sites for hydroxylation is 1. The van der Waals surface area contributed by atoms with Crippen LogP contribution in [0.5, 0.6) is 5.75 Å². The highest BCUT2D eigenvalue weighted by Crippen LogP contribution is 2.20. The maximum Gasteiger partial charge on any atom is 0.122 e. The number of hydrogen-bond donors (Lipinski definition) is 1. The second-order valence-electron chi connectivity index (χ2n) is 4.91. The Morgan fingerprint density at radius 1 is 1.21 bits per heavy atom. The Labute approximate surface area is 118 Å². The molecule has 3 nitrogen and oxygen atoms in total. The molecule has 1 rings (SSSR count). The van der Waals surface area contributed by atoms with E-state index in [-0.39, 0.29) is 0 Å². The van der Waals surface area contributed by atoms with Crippen molar-refractivity contribution in [3.8, 4) is 5.75 Å². The van der Waals surface area contributed by atoms with E-state index in [2.05, 4.69) is 49.3 Å². The molecule has 19 heavy (non-hydrogen) atoms. The van der Waals surface area contributed by atoms with Crippen LogP contribution >= 0.6 is 0 Å². The van der Waals surface area contributed by atoms with Gasteiger partial charge in [-0.2, -0.15) is 0 Å². The number of benzene rings is 1. The predicted molar refractivity (Wildman–Crippen MR) is 82.1 cm³/mol. The fourth-order valence-electron chi connectivity index (χ4n) is 2.14. The summed E-state index contributed by atoms with van der Waals surface area (Å²) in [5.74, 6) is 1.01. The van der Waals surface area contributed by atoms with E-state index in [0.717, 1.165) is 44.8 Å². The number of rotatable bonds is 9. The molecule has 0 bridgehead atoms. The van der Waals surface area contributed by atoms with Gasteiger partial charge in [0.05, 0.1) is 7.11 Å². The average molecular weight is 264 g/mol. The van der Waals surface area contributed by atoms with Gasteiger partial charge in [0, 0.05) is 19.6 Å². The van der Waals surface area contributed by atoms with Crippen molar-refractivity contribution in [2.75, 3.05) is 40.3 Å². The molecule has 0 spiro atoms. The zero-order valence-electron chi connectivity index (χ0n) is 12.8. The van der Waals surface area contributed by atoms with E-state index in [4.69, 9.17) is 4.74 Å². The summed E-state index contributed by atoms with van der Waals surface area (Å²) in [6.45, 7) is 8.63. The first-order valence-corrected chi connectivity index (χ1v) is 7.26. The molecule has 0 atom stereocenters. The van der Waals surface area contributed by atoms with Crippen molar-refractivity contribution in [2.45, 2.75) is 26.7 Å². The van der Waals surface area contributed by atoms with E-state index in [9.17, 15) is 0 Å². The van der Waals surface area contributed by atoms with E-state index in [1.807, 2.05) is 0 Å². The second kappa shape index (κ2) is 8.94. The summed E-state index contributed by atoms with van der Waals surface area (Å²) in [6.07, 6.45) is 2.12. The van der Waals surface area contributed by atoms with Gasteiger partial charge in [-0.05, 0) is 43.6 Å². The molecule has 0 aliphatic carbocycles. The van der Waals surface area contributed by atoms with Gasteiger partial charge in [0.25, 0.3) is 0 Å². The van der Waals surface area contributed by atoms with E-state index < -0.39 is 0 Å². The number of ether oxygens (including phenoxy) is 1. The largest absolute Gasteiger partial charge is 0.496 e. The maximum atomic E-state index is 5.36. The van der Waals surface area contributed by atoms with Crippen LogP contribution < -0.4 is 10.1 Å². The quantitative estimate of drug-likeness (QED) is 0.693. The minimum Gasteiger partial charge on any atom is -0.496 e. The highest BCUT2D eigenvalue weighted by molar-refractivity contribution is 5.37. The average Bonchev–Trinajstić information content (AvgIpc) is 2.45. The standard InChI is InChI=1S/C16H28N2O/c1-5-15-13-14(7-8-16(15)19-4)9-11-18(3)12-10-17-6-2/h7-8,13,17H,5-6,9-12H2,1-4H3. The summed E-state index contributed by atoms with van der Waals surface area (Å²) < 4.78 is 5.36. The van der Waals surface area contributed by atoms with Crippen molar-refractivity contribution >= 4 is 0 Å². The first-order chi connectivity index (χ1) is 9.21. The normalized spacial score (nSPS) is 11.0. The van der Waals surface area contributed by atoms with Crippen molar-refractivity contribution in [3.63, 3.8) is 0 Å². The lowest BCUT2D eigenvalue weighted by atomic mass is 10.1. The van der Waals surface area contributed by atoms with Crippen molar-refractivity contribution in [1.29, 1.82) is 0 Å². The molecule has 0 aromatic heterocycles. The van der Waals surface area contributed by atoms with Gasteiger partial charge in [-0.25, -0.2) is 0 Å². The first-order valence-electron chi connectivity index (χ1n) is 7.26. The molecule has 0 radical (unpaired) electrons. The van der Waals surface area contributed by atoms with Crippen LogP contribution in [0.1, 0.15) is 25.0 Å². The summed E-state index contributed by atoms with van der Waals surface area (Å²) >= 11 is 0. The fourth-order valence-corrected chi connectivity index (χ4v) is 2.14. The molecule has 1 aromatic carbocycles. The zero-order chi connectivity index (χ0) is 14.1. The Morgan fingerprint density at radius 3 is 2.63 bits per heavy atom. The fraction of sp³-hybridized carbons (Fsp3) is 0.625. The molecule has 0 aliphatic heterocycles. The molecule has 0 saturated heterocycles. The molecule has 0 saturated carbocycles. The number of hydrogen-bond acceptors (Lipinski definition) is 3. The summed E-state index contributed by atoms with van der Waals surface area (Å²) in [5.41, 5.74) is 2.70. The minimum atomic E-state index is 1.01. The van der Waals surface area contributed by atoms with Gasteiger partial charge < -0.3 is 15.0 Å². The molecule has 1 N–H and O–H groups in total. The monoisotopic (exact) mass is 264 g/mol. The molecule has 0 heterocycles. The minimum absolute atomic E-state index is 1.01. The topological polar surface area (TPSA) is 24.5 Å². The Hall–Kier alpha value is -1.06. The Morgan fingerprint density at radius 2 is 2.00 bits per heavy atom. The van der Waals surface area contributed by atoms with Crippen molar-refractivity contribution in [2.24, 2.45) is 0 Å². The van der Waals surface area contributed by atoms with Crippen LogP contribution in [0.2, 0.25) is 0 Å². The van der Waals surface area contributed by atoms with Crippen LogP contribution in [-0.2, 0) is 12.8 Å². The lowest BCUT2D eigenvalue weighted by Crippen LogP contribution is -2.30. The molecule has 1 aromatic rings. The van der Waals surface area contributed by atoms with Crippen molar-refractivity contribution in [3.05, 3.63) is 29.3 Å². The summed E-state index contributed by atoms with van der Waals surface area (Å²) in [7, 11) is 3.92. The number of nitrogens with one attached hydrogen (secondary N) is 1. The molecule has 108 valence electrons. The summed E-state index contributed by atoms with van der Waals surface area (Å²) in [4.78, 5) is 2.37. The van der Waals surface area contributed by atoms with Gasteiger partial charge in [0.15, 0.2) is 0 Å². The SMILES string of the molecule is CCNCCN(C)CCc1ccc(OC)c(CC)c1. The Kier molecular flexibility index (Phi) is 7.53. The molecule has 0 amide bonds.